The quantitative estimate of drug-likeness (QED) is 0.884. The van der Waals surface area contributed by atoms with Gasteiger partial charge in [-0.25, -0.2) is 0 Å². The summed E-state index contributed by atoms with van der Waals surface area (Å²) in [5.41, 5.74) is 1.52. The minimum atomic E-state index is -0.579. The number of carbonyl (C=O) groups is 1. The second-order valence-electron chi connectivity index (χ2n) is 4.90. The number of nitrogens with zero attached hydrogens (tertiary/aromatic N) is 1. The molecule has 102 valence electrons. The van der Waals surface area contributed by atoms with Crippen molar-refractivity contribution in [2.24, 2.45) is 0 Å². The first kappa shape index (κ1) is 15.0. The van der Waals surface area contributed by atoms with E-state index in [1.54, 1.807) is 7.11 Å². The Kier molecular flexibility index (Phi) is 4.94. The van der Waals surface area contributed by atoms with E-state index in [9.17, 15) is 4.79 Å². The molecule has 1 rings (SSSR count). The summed E-state index contributed by atoms with van der Waals surface area (Å²) in [6.07, 6.45) is 0.776. The van der Waals surface area contributed by atoms with Crippen LogP contribution in [-0.4, -0.2) is 13.0 Å². The molecule has 0 fully saturated rings. The van der Waals surface area contributed by atoms with Crippen molar-refractivity contribution in [3.63, 3.8) is 0 Å². The molecule has 0 radical (unpaired) electrons. The van der Waals surface area contributed by atoms with Crippen LogP contribution in [0, 0.1) is 11.3 Å². The van der Waals surface area contributed by atoms with Crippen LogP contribution >= 0.6 is 0 Å². The highest BCUT2D eigenvalue weighted by atomic mass is 16.5. The average molecular weight is 260 g/mol. The standard InChI is InChI=1S/C15H20N2O2/c1-5-11-6-7-13(19-4)12(10-11)15(2,3)17-14(18)8-9-16/h6-7,10H,5,8H2,1-4H3,(H,17,18). The van der Waals surface area contributed by atoms with Gasteiger partial charge in [0.1, 0.15) is 12.2 Å². The molecule has 19 heavy (non-hydrogen) atoms. The lowest BCUT2D eigenvalue weighted by atomic mass is 9.91. The number of methoxy groups -OCH3 is 1. The number of rotatable bonds is 5. The fourth-order valence-electron chi connectivity index (χ4n) is 2.00. The third-order valence-electron chi connectivity index (χ3n) is 3.04. The SMILES string of the molecule is CCc1ccc(OC)c(C(C)(C)NC(=O)CC#N)c1. The zero-order valence-corrected chi connectivity index (χ0v) is 11.9. The Balaban J connectivity index is 3.11. The summed E-state index contributed by atoms with van der Waals surface area (Å²) in [5.74, 6) is 0.455. The summed E-state index contributed by atoms with van der Waals surface area (Å²) < 4.78 is 5.36. The van der Waals surface area contributed by atoms with E-state index in [4.69, 9.17) is 10.00 Å². The Morgan fingerprint density at radius 2 is 2.16 bits per heavy atom. The van der Waals surface area contributed by atoms with Crippen LogP contribution in [0.25, 0.3) is 0 Å². The first-order valence-corrected chi connectivity index (χ1v) is 6.30. The number of ether oxygens (including phenoxy) is 1. The fourth-order valence-corrected chi connectivity index (χ4v) is 2.00. The molecular formula is C15H20N2O2. The highest BCUT2D eigenvalue weighted by molar-refractivity contribution is 5.79. The second-order valence-corrected chi connectivity index (χ2v) is 4.90. The van der Waals surface area contributed by atoms with Crippen LogP contribution in [0.15, 0.2) is 18.2 Å². The zero-order chi connectivity index (χ0) is 14.5. The van der Waals surface area contributed by atoms with E-state index in [0.717, 1.165) is 17.7 Å². The number of carbonyl (C=O) groups excluding carboxylic acids is 1. The van der Waals surface area contributed by atoms with Crippen molar-refractivity contribution in [3.05, 3.63) is 29.3 Å². The van der Waals surface area contributed by atoms with E-state index in [0.29, 0.717) is 0 Å². The normalized spacial score (nSPS) is 10.7. The number of benzene rings is 1. The molecule has 0 aromatic heterocycles. The lowest BCUT2D eigenvalue weighted by molar-refractivity contribution is -0.121. The number of amides is 1. The molecule has 0 aliphatic carbocycles. The van der Waals surface area contributed by atoms with Gasteiger partial charge < -0.3 is 10.1 Å². The Morgan fingerprint density at radius 3 is 2.68 bits per heavy atom. The van der Waals surface area contributed by atoms with E-state index in [1.807, 2.05) is 38.1 Å². The number of nitrogens with one attached hydrogen (secondary N) is 1. The van der Waals surface area contributed by atoms with Crippen LogP contribution in [-0.2, 0) is 16.8 Å². The van der Waals surface area contributed by atoms with Gasteiger partial charge in [-0.1, -0.05) is 13.0 Å². The van der Waals surface area contributed by atoms with Gasteiger partial charge in [0.15, 0.2) is 0 Å². The first-order valence-electron chi connectivity index (χ1n) is 6.30. The van der Waals surface area contributed by atoms with Crippen molar-refractivity contribution in [1.82, 2.24) is 5.32 Å². The van der Waals surface area contributed by atoms with Gasteiger partial charge in [-0.05, 0) is 38.0 Å². The Bertz CT molecular complexity index is 501. The Morgan fingerprint density at radius 1 is 1.47 bits per heavy atom. The van der Waals surface area contributed by atoms with Gasteiger partial charge >= 0.3 is 0 Å². The van der Waals surface area contributed by atoms with Crippen LogP contribution in [0.4, 0.5) is 0 Å². The molecule has 0 saturated heterocycles. The Hall–Kier alpha value is -2.02. The van der Waals surface area contributed by atoms with Gasteiger partial charge in [-0.3, -0.25) is 4.79 Å². The predicted octanol–water partition coefficient (Wildman–Crippen LogP) is 2.52. The largest absolute Gasteiger partial charge is 0.496 e. The van der Waals surface area contributed by atoms with Crippen molar-refractivity contribution in [3.8, 4) is 11.8 Å². The second kappa shape index (κ2) is 6.24. The van der Waals surface area contributed by atoms with Crippen molar-refractivity contribution in [2.45, 2.75) is 39.2 Å². The average Bonchev–Trinajstić information content (AvgIpc) is 2.37. The molecule has 0 atom stereocenters. The highest BCUT2D eigenvalue weighted by Gasteiger charge is 2.26. The molecule has 0 heterocycles. The zero-order valence-electron chi connectivity index (χ0n) is 11.9. The maximum Gasteiger partial charge on any atom is 0.234 e. The molecule has 1 N–H and O–H groups in total. The third kappa shape index (κ3) is 3.72. The van der Waals surface area contributed by atoms with E-state index >= 15 is 0 Å². The predicted molar refractivity (Wildman–Crippen MR) is 73.8 cm³/mol. The van der Waals surface area contributed by atoms with Gasteiger partial charge in [-0.15, -0.1) is 0 Å². The molecule has 0 spiro atoms. The summed E-state index contributed by atoms with van der Waals surface area (Å²) in [6, 6.07) is 7.80. The molecule has 1 aromatic rings. The van der Waals surface area contributed by atoms with Gasteiger partial charge in [0, 0.05) is 5.56 Å². The van der Waals surface area contributed by atoms with Crippen molar-refractivity contribution >= 4 is 5.91 Å². The van der Waals surface area contributed by atoms with Crippen LogP contribution < -0.4 is 10.1 Å². The van der Waals surface area contributed by atoms with Crippen LogP contribution in [0.1, 0.15) is 38.3 Å². The van der Waals surface area contributed by atoms with Crippen molar-refractivity contribution < 1.29 is 9.53 Å². The summed E-state index contributed by atoms with van der Waals surface area (Å²) in [6.45, 7) is 5.88. The minimum Gasteiger partial charge on any atom is -0.496 e. The third-order valence-corrected chi connectivity index (χ3v) is 3.04. The molecule has 1 aromatic carbocycles. The van der Waals surface area contributed by atoms with E-state index in [-0.39, 0.29) is 12.3 Å². The van der Waals surface area contributed by atoms with E-state index in [1.165, 1.54) is 5.56 Å². The Labute approximate surface area is 114 Å². The van der Waals surface area contributed by atoms with E-state index < -0.39 is 5.54 Å². The molecule has 4 nitrogen and oxygen atoms in total. The number of nitriles is 1. The molecule has 0 unspecified atom stereocenters. The van der Waals surface area contributed by atoms with Crippen LogP contribution in [0.5, 0.6) is 5.75 Å². The van der Waals surface area contributed by atoms with Gasteiger partial charge in [0.05, 0.1) is 18.7 Å². The molecule has 0 aliphatic rings. The number of aryl methyl sites for hydroxylation is 1. The maximum atomic E-state index is 11.6. The number of hydrogen-bond donors (Lipinski definition) is 1. The summed E-state index contributed by atoms with van der Waals surface area (Å²) in [5, 5.41) is 11.4. The van der Waals surface area contributed by atoms with Crippen LogP contribution in [0.3, 0.4) is 0 Å². The summed E-state index contributed by atoms with van der Waals surface area (Å²) in [4.78, 5) is 11.6. The minimum absolute atomic E-state index is 0.140. The lowest BCUT2D eigenvalue weighted by Gasteiger charge is -2.28. The number of hydrogen-bond acceptors (Lipinski definition) is 3. The lowest BCUT2D eigenvalue weighted by Crippen LogP contribution is -2.41. The van der Waals surface area contributed by atoms with Crippen molar-refractivity contribution in [1.29, 1.82) is 5.26 Å². The van der Waals surface area contributed by atoms with Crippen molar-refractivity contribution in [2.75, 3.05) is 7.11 Å². The molecular weight excluding hydrogens is 240 g/mol. The van der Waals surface area contributed by atoms with E-state index in [2.05, 4.69) is 12.2 Å². The highest BCUT2D eigenvalue weighted by Crippen LogP contribution is 2.30. The topological polar surface area (TPSA) is 62.1 Å². The first-order chi connectivity index (χ1) is 8.94. The van der Waals surface area contributed by atoms with Gasteiger partial charge in [0.25, 0.3) is 0 Å². The molecule has 0 saturated carbocycles. The smallest absolute Gasteiger partial charge is 0.234 e. The molecule has 0 aliphatic heterocycles. The molecule has 1 amide bonds. The summed E-state index contributed by atoms with van der Waals surface area (Å²) in [7, 11) is 1.61. The monoisotopic (exact) mass is 260 g/mol. The maximum absolute atomic E-state index is 11.6. The van der Waals surface area contributed by atoms with Gasteiger partial charge in [0.2, 0.25) is 5.91 Å². The fraction of sp³-hybridized carbons (Fsp3) is 0.467. The molecule has 4 heteroatoms. The molecule has 0 bridgehead atoms. The van der Waals surface area contributed by atoms with Gasteiger partial charge in [-0.2, -0.15) is 5.26 Å². The summed E-state index contributed by atoms with van der Waals surface area (Å²) >= 11 is 0. The van der Waals surface area contributed by atoms with Crippen LogP contribution in [0.2, 0.25) is 0 Å².